The zero-order chi connectivity index (χ0) is 16.5. The fourth-order valence-corrected chi connectivity index (χ4v) is 2.18. The van der Waals surface area contributed by atoms with E-state index in [1.165, 1.54) is 0 Å². The van der Waals surface area contributed by atoms with Crippen molar-refractivity contribution in [1.82, 2.24) is 10.3 Å². The van der Waals surface area contributed by atoms with E-state index in [-0.39, 0.29) is 12.5 Å². The Hall–Kier alpha value is -2.11. The lowest BCUT2D eigenvalue weighted by Gasteiger charge is -2.17. The van der Waals surface area contributed by atoms with Crippen LogP contribution in [0.1, 0.15) is 24.4 Å². The van der Waals surface area contributed by atoms with Gasteiger partial charge in [0.2, 0.25) is 5.91 Å². The lowest BCUT2D eigenvalue weighted by Crippen LogP contribution is -2.30. The number of hydrogen-bond acceptors (Lipinski definition) is 4. The number of rotatable bonds is 8. The number of aromatic nitrogens is 1. The van der Waals surface area contributed by atoms with Gasteiger partial charge in [0.1, 0.15) is 5.75 Å². The van der Waals surface area contributed by atoms with Crippen LogP contribution in [0.2, 0.25) is 5.02 Å². The number of ether oxygens (including phenoxy) is 1. The van der Waals surface area contributed by atoms with Gasteiger partial charge in [-0.05, 0) is 36.2 Å². The molecule has 0 aliphatic rings. The van der Waals surface area contributed by atoms with Crippen molar-refractivity contribution in [2.75, 3.05) is 13.2 Å². The van der Waals surface area contributed by atoms with Gasteiger partial charge in [0.25, 0.3) is 0 Å². The third-order valence-electron chi connectivity index (χ3n) is 3.24. The molecular weight excluding hydrogens is 316 g/mol. The zero-order valence-electron chi connectivity index (χ0n) is 12.6. The number of amides is 1. The summed E-state index contributed by atoms with van der Waals surface area (Å²) < 4.78 is 5.48. The highest BCUT2D eigenvalue weighted by molar-refractivity contribution is 6.30. The van der Waals surface area contributed by atoms with E-state index in [1.807, 2.05) is 6.07 Å². The SMILES string of the molecule is O=C(CCCOc1cccnc1)NC(CO)c1ccc(Cl)cc1. The van der Waals surface area contributed by atoms with Crippen molar-refractivity contribution < 1.29 is 14.6 Å². The van der Waals surface area contributed by atoms with Crippen LogP contribution in [-0.4, -0.2) is 29.2 Å². The molecule has 1 aromatic carbocycles. The molecule has 2 N–H and O–H groups in total. The number of pyridine rings is 1. The first-order valence-electron chi connectivity index (χ1n) is 7.37. The minimum atomic E-state index is -0.431. The molecule has 0 fully saturated rings. The molecule has 1 aromatic heterocycles. The minimum Gasteiger partial charge on any atom is -0.492 e. The van der Waals surface area contributed by atoms with Gasteiger partial charge in [0.15, 0.2) is 0 Å². The van der Waals surface area contributed by atoms with Gasteiger partial charge >= 0.3 is 0 Å². The highest BCUT2D eigenvalue weighted by atomic mass is 35.5. The molecule has 0 radical (unpaired) electrons. The molecule has 1 unspecified atom stereocenters. The quantitative estimate of drug-likeness (QED) is 0.728. The molecular formula is C17H19ClN2O3. The van der Waals surface area contributed by atoms with Gasteiger partial charge in [-0.15, -0.1) is 0 Å². The lowest BCUT2D eigenvalue weighted by molar-refractivity contribution is -0.122. The highest BCUT2D eigenvalue weighted by Crippen LogP contribution is 2.16. The second kappa shape index (κ2) is 9.12. The van der Waals surface area contributed by atoms with Gasteiger partial charge in [-0.2, -0.15) is 0 Å². The lowest BCUT2D eigenvalue weighted by atomic mass is 10.1. The Morgan fingerprint density at radius 1 is 1.30 bits per heavy atom. The van der Waals surface area contributed by atoms with Crippen LogP contribution in [0.4, 0.5) is 0 Å². The molecule has 0 bridgehead atoms. The molecule has 0 spiro atoms. The van der Waals surface area contributed by atoms with Gasteiger partial charge in [-0.25, -0.2) is 0 Å². The molecule has 5 nitrogen and oxygen atoms in total. The van der Waals surface area contributed by atoms with E-state index in [0.717, 1.165) is 5.56 Å². The van der Waals surface area contributed by atoms with Crippen molar-refractivity contribution in [1.29, 1.82) is 0 Å². The molecule has 6 heteroatoms. The maximum atomic E-state index is 11.9. The number of benzene rings is 1. The predicted octanol–water partition coefficient (Wildman–Crippen LogP) is 2.74. The van der Waals surface area contributed by atoms with Crippen LogP contribution in [0.5, 0.6) is 5.75 Å². The summed E-state index contributed by atoms with van der Waals surface area (Å²) in [5.74, 6) is 0.552. The van der Waals surface area contributed by atoms with E-state index in [0.29, 0.717) is 30.2 Å². The van der Waals surface area contributed by atoms with E-state index in [4.69, 9.17) is 16.3 Å². The van der Waals surface area contributed by atoms with Crippen LogP contribution >= 0.6 is 11.6 Å². The molecule has 122 valence electrons. The van der Waals surface area contributed by atoms with E-state index >= 15 is 0 Å². The normalized spacial score (nSPS) is 11.7. The van der Waals surface area contributed by atoms with E-state index < -0.39 is 6.04 Å². The maximum Gasteiger partial charge on any atom is 0.220 e. The Morgan fingerprint density at radius 2 is 2.09 bits per heavy atom. The second-order valence-corrected chi connectivity index (χ2v) is 5.43. The number of nitrogens with zero attached hydrogens (tertiary/aromatic N) is 1. The number of nitrogens with one attached hydrogen (secondary N) is 1. The summed E-state index contributed by atoms with van der Waals surface area (Å²) in [7, 11) is 0. The first-order valence-corrected chi connectivity index (χ1v) is 7.75. The number of aliphatic hydroxyl groups is 1. The van der Waals surface area contributed by atoms with Crippen LogP contribution in [0.15, 0.2) is 48.8 Å². The molecule has 2 aromatic rings. The Morgan fingerprint density at radius 3 is 2.74 bits per heavy atom. The van der Waals surface area contributed by atoms with Crippen LogP contribution in [0, 0.1) is 0 Å². The van der Waals surface area contributed by atoms with E-state index in [9.17, 15) is 9.90 Å². The average molecular weight is 335 g/mol. The van der Waals surface area contributed by atoms with Gasteiger partial charge in [0, 0.05) is 17.6 Å². The third kappa shape index (κ3) is 5.88. The Labute approximate surface area is 140 Å². The summed E-state index contributed by atoms with van der Waals surface area (Å²) in [4.78, 5) is 15.9. The molecule has 0 aliphatic heterocycles. The molecule has 23 heavy (non-hydrogen) atoms. The average Bonchev–Trinajstić information content (AvgIpc) is 2.58. The van der Waals surface area contributed by atoms with Crippen LogP contribution in [0.25, 0.3) is 0 Å². The fourth-order valence-electron chi connectivity index (χ4n) is 2.05. The Bertz CT molecular complexity index is 605. The topological polar surface area (TPSA) is 71.5 Å². The first kappa shape index (κ1) is 17.2. The number of aliphatic hydroxyl groups excluding tert-OH is 1. The smallest absolute Gasteiger partial charge is 0.220 e. The summed E-state index contributed by atoms with van der Waals surface area (Å²) in [5, 5.41) is 12.9. The maximum absolute atomic E-state index is 11.9. The summed E-state index contributed by atoms with van der Waals surface area (Å²) in [5.41, 5.74) is 0.817. The molecule has 0 saturated carbocycles. The number of halogens is 1. The van der Waals surface area contributed by atoms with Crippen LogP contribution < -0.4 is 10.1 Å². The standard InChI is InChI=1S/C17H19ClN2O3/c18-14-7-5-13(6-8-14)16(12-21)20-17(22)4-2-10-23-15-3-1-9-19-11-15/h1,3,5-9,11,16,21H,2,4,10,12H2,(H,20,22). The van der Waals surface area contributed by atoms with Crippen molar-refractivity contribution in [3.05, 3.63) is 59.4 Å². The molecule has 1 heterocycles. The second-order valence-electron chi connectivity index (χ2n) is 4.99. The Kier molecular flexibility index (Phi) is 6.84. The van der Waals surface area contributed by atoms with E-state index in [1.54, 1.807) is 42.7 Å². The molecule has 0 saturated heterocycles. The fraction of sp³-hybridized carbons (Fsp3) is 0.294. The van der Waals surface area contributed by atoms with Crippen molar-refractivity contribution in [3.8, 4) is 5.75 Å². The first-order chi connectivity index (χ1) is 11.2. The van der Waals surface area contributed by atoms with Crippen molar-refractivity contribution in [3.63, 3.8) is 0 Å². The van der Waals surface area contributed by atoms with Crippen molar-refractivity contribution in [2.24, 2.45) is 0 Å². The number of carbonyl (C=O) groups excluding carboxylic acids is 1. The number of hydrogen-bond donors (Lipinski definition) is 2. The highest BCUT2D eigenvalue weighted by Gasteiger charge is 2.13. The molecule has 2 rings (SSSR count). The van der Waals surface area contributed by atoms with Gasteiger partial charge < -0.3 is 15.2 Å². The largest absolute Gasteiger partial charge is 0.492 e. The Balaban J connectivity index is 1.73. The van der Waals surface area contributed by atoms with Crippen molar-refractivity contribution >= 4 is 17.5 Å². The summed E-state index contributed by atoms with van der Waals surface area (Å²) in [6.45, 7) is 0.267. The summed E-state index contributed by atoms with van der Waals surface area (Å²) >= 11 is 5.83. The summed E-state index contributed by atoms with van der Waals surface area (Å²) in [6, 6.07) is 10.2. The van der Waals surface area contributed by atoms with E-state index in [2.05, 4.69) is 10.3 Å². The van der Waals surface area contributed by atoms with Gasteiger partial charge in [-0.1, -0.05) is 23.7 Å². The monoisotopic (exact) mass is 334 g/mol. The third-order valence-corrected chi connectivity index (χ3v) is 3.49. The van der Waals surface area contributed by atoms with Crippen molar-refractivity contribution in [2.45, 2.75) is 18.9 Å². The molecule has 1 atom stereocenters. The summed E-state index contributed by atoms with van der Waals surface area (Å²) in [6.07, 6.45) is 4.21. The zero-order valence-corrected chi connectivity index (χ0v) is 13.4. The van der Waals surface area contributed by atoms with Gasteiger partial charge in [-0.3, -0.25) is 9.78 Å². The van der Waals surface area contributed by atoms with Crippen LogP contribution in [-0.2, 0) is 4.79 Å². The predicted molar refractivity (Wildman–Crippen MR) is 88.4 cm³/mol. The van der Waals surface area contributed by atoms with Crippen LogP contribution in [0.3, 0.4) is 0 Å². The minimum absolute atomic E-state index is 0.131. The van der Waals surface area contributed by atoms with Gasteiger partial charge in [0.05, 0.1) is 25.5 Å². The molecule has 0 aliphatic carbocycles. The number of carbonyl (C=O) groups is 1. The molecule has 1 amide bonds.